The van der Waals surface area contributed by atoms with Crippen molar-refractivity contribution in [2.75, 3.05) is 20.3 Å². The number of hydrogen-bond acceptors (Lipinski definition) is 4. The summed E-state index contributed by atoms with van der Waals surface area (Å²) in [7, 11) is 1.65. The normalized spacial score (nSPS) is 15.1. The maximum atomic E-state index is 6.39. The van der Waals surface area contributed by atoms with Crippen LogP contribution in [0.3, 0.4) is 0 Å². The Morgan fingerprint density at radius 2 is 1.81 bits per heavy atom. The molecular formula is C17H19NO3. The first kappa shape index (κ1) is 13.8. The van der Waals surface area contributed by atoms with Crippen molar-refractivity contribution in [3.05, 3.63) is 53.6 Å². The van der Waals surface area contributed by atoms with Crippen LogP contribution in [-0.4, -0.2) is 20.3 Å². The molecular weight excluding hydrogens is 266 g/mol. The molecule has 0 spiro atoms. The third kappa shape index (κ3) is 2.81. The molecule has 1 heterocycles. The van der Waals surface area contributed by atoms with Gasteiger partial charge in [0, 0.05) is 12.0 Å². The molecule has 1 aliphatic rings. The molecule has 0 saturated heterocycles. The van der Waals surface area contributed by atoms with E-state index in [9.17, 15) is 0 Å². The Morgan fingerprint density at radius 1 is 1.05 bits per heavy atom. The maximum Gasteiger partial charge on any atom is 0.161 e. The highest BCUT2D eigenvalue weighted by Gasteiger charge is 2.17. The second kappa shape index (κ2) is 6.06. The molecule has 4 nitrogen and oxygen atoms in total. The number of ether oxygens (including phenoxy) is 3. The Hall–Kier alpha value is -2.20. The highest BCUT2D eigenvalue weighted by molar-refractivity contribution is 5.48. The Labute approximate surface area is 124 Å². The summed E-state index contributed by atoms with van der Waals surface area (Å²) >= 11 is 0. The second-order valence-corrected chi connectivity index (χ2v) is 4.98. The van der Waals surface area contributed by atoms with Crippen molar-refractivity contribution in [1.82, 2.24) is 0 Å². The highest BCUT2D eigenvalue weighted by Crippen LogP contribution is 2.35. The largest absolute Gasteiger partial charge is 0.496 e. The third-order valence-corrected chi connectivity index (χ3v) is 3.60. The summed E-state index contributed by atoms with van der Waals surface area (Å²) in [6, 6.07) is 13.4. The average Bonchev–Trinajstić information content (AvgIpc) is 2.78. The van der Waals surface area contributed by atoms with E-state index < -0.39 is 0 Å². The molecule has 0 aliphatic carbocycles. The molecule has 2 N–H and O–H groups in total. The Kier molecular flexibility index (Phi) is 3.97. The number of rotatable bonds is 3. The van der Waals surface area contributed by atoms with Crippen molar-refractivity contribution >= 4 is 0 Å². The van der Waals surface area contributed by atoms with Crippen LogP contribution in [0.4, 0.5) is 0 Å². The summed E-state index contributed by atoms with van der Waals surface area (Å²) in [5.74, 6) is 2.33. The summed E-state index contributed by atoms with van der Waals surface area (Å²) in [4.78, 5) is 0. The van der Waals surface area contributed by atoms with E-state index in [1.165, 1.54) is 0 Å². The summed E-state index contributed by atoms with van der Waals surface area (Å²) in [6.07, 6.45) is 0.891. The van der Waals surface area contributed by atoms with E-state index in [1.807, 2.05) is 42.5 Å². The van der Waals surface area contributed by atoms with Gasteiger partial charge in [-0.3, -0.25) is 0 Å². The Morgan fingerprint density at radius 3 is 2.62 bits per heavy atom. The number of methoxy groups -OCH3 is 1. The Bertz CT molecular complexity index is 627. The van der Waals surface area contributed by atoms with Gasteiger partial charge in [0.15, 0.2) is 11.5 Å². The maximum absolute atomic E-state index is 6.39. The van der Waals surface area contributed by atoms with Gasteiger partial charge in [-0.05, 0) is 23.8 Å². The molecule has 0 fully saturated rings. The van der Waals surface area contributed by atoms with Gasteiger partial charge < -0.3 is 19.9 Å². The minimum Gasteiger partial charge on any atom is -0.496 e. The number of fused-ring (bicyclic) bond motifs is 1. The van der Waals surface area contributed by atoms with Gasteiger partial charge in [-0.15, -0.1) is 0 Å². The zero-order chi connectivity index (χ0) is 14.7. The second-order valence-electron chi connectivity index (χ2n) is 4.98. The smallest absolute Gasteiger partial charge is 0.161 e. The van der Waals surface area contributed by atoms with Gasteiger partial charge in [-0.1, -0.05) is 24.3 Å². The monoisotopic (exact) mass is 285 g/mol. The fourth-order valence-corrected chi connectivity index (χ4v) is 2.48. The van der Waals surface area contributed by atoms with E-state index in [1.54, 1.807) is 7.11 Å². The minimum atomic E-state index is -0.265. The lowest BCUT2D eigenvalue weighted by molar-refractivity contribution is 0.297. The van der Waals surface area contributed by atoms with Gasteiger partial charge in [-0.25, -0.2) is 0 Å². The van der Waals surface area contributed by atoms with Crippen LogP contribution in [0.25, 0.3) is 0 Å². The summed E-state index contributed by atoms with van der Waals surface area (Å²) < 4.78 is 16.7. The summed E-state index contributed by atoms with van der Waals surface area (Å²) in [6.45, 7) is 1.35. The minimum absolute atomic E-state index is 0.265. The van der Waals surface area contributed by atoms with Gasteiger partial charge in [0.25, 0.3) is 0 Å². The van der Waals surface area contributed by atoms with Gasteiger partial charge in [0.2, 0.25) is 0 Å². The molecule has 0 bridgehead atoms. The van der Waals surface area contributed by atoms with E-state index in [2.05, 4.69) is 0 Å². The van der Waals surface area contributed by atoms with E-state index in [0.717, 1.165) is 34.8 Å². The molecule has 21 heavy (non-hydrogen) atoms. The molecule has 2 aromatic carbocycles. The van der Waals surface area contributed by atoms with Crippen molar-refractivity contribution < 1.29 is 14.2 Å². The quantitative estimate of drug-likeness (QED) is 0.942. The first-order valence-electron chi connectivity index (χ1n) is 7.07. The number of benzene rings is 2. The van der Waals surface area contributed by atoms with Crippen molar-refractivity contribution in [3.63, 3.8) is 0 Å². The fraction of sp³-hybridized carbons (Fsp3) is 0.294. The average molecular weight is 285 g/mol. The van der Waals surface area contributed by atoms with Crippen LogP contribution < -0.4 is 19.9 Å². The van der Waals surface area contributed by atoms with Crippen LogP contribution in [0.15, 0.2) is 42.5 Å². The first-order chi connectivity index (χ1) is 10.3. The Balaban J connectivity index is 1.94. The lowest BCUT2D eigenvalue weighted by Crippen LogP contribution is -2.13. The van der Waals surface area contributed by atoms with E-state index in [4.69, 9.17) is 19.9 Å². The van der Waals surface area contributed by atoms with Crippen LogP contribution in [-0.2, 0) is 0 Å². The van der Waals surface area contributed by atoms with Crippen molar-refractivity contribution in [2.24, 2.45) is 5.73 Å². The van der Waals surface area contributed by atoms with Crippen LogP contribution in [0.2, 0.25) is 0 Å². The molecule has 0 radical (unpaired) electrons. The predicted molar refractivity (Wildman–Crippen MR) is 81.1 cm³/mol. The summed E-state index contributed by atoms with van der Waals surface area (Å²) in [5.41, 5.74) is 8.32. The van der Waals surface area contributed by atoms with Gasteiger partial charge in [0.05, 0.1) is 26.4 Å². The lowest BCUT2D eigenvalue weighted by Gasteiger charge is -2.17. The number of nitrogens with two attached hydrogens (primary N) is 1. The third-order valence-electron chi connectivity index (χ3n) is 3.60. The van der Waals surface area contributed by atoms with Gasteiger partial charge in [0.1, 0.15) is 5.75 Å². The molecule has 4 heteroatoms. The first-order valence-corrected chi connectivity index (χ1v) is 7.07. The molecule has 0 saturated carbocycles. The highest BCUT2D eigenvalue weighted by atomic mass is 16.5. The van der Waals surface area contributed by atoms with Crippen molar-refractivity contribution in [2.45, 2.75) is 12.5 Å². The van der Waals surface area contributed by atoms with Gasteiger partial charge >= 0.3 is 0 Å². The topological polar surface area (TPSA) is 53.7 Å². The molecule has 110 valence electrons. The van der Waals surface area contributed by atoms with E-state index >= 15 is 0 Å². The van der Waals surface area contributed by atoms with Crippen LogP contribution in [0, 0.1) is 0 Å². The fourth-order valence-electron chi connectivity index (χ4n) is 2.48. The number of hydrogen-bond donors (Lipinski definition) is 1. The molecule has 1 atom stereocenters. The molecule has 1 unspecified atom stereocenters. The predicted octanol–water partition coefficient (Wildman–Crippen LogP) is 2.90. The lowest BCUT2D eigenvalue weighted by atomic mass is 9.98. The van der Waals surface area contributed by atoms with Crippen LogP contribution in [0.1, 0.15) is 23.6 Å². The van der Waals surface area contributed by atoms with E-state index in [-0.39, 0.29) is 6.04 Å². The van der Waals surface area contributed by atoms with Crippen molar-refractivity contribution in [1.29, 1.82) is 0 Å². The molecule has 1 aliphatic heterocycles. The molecule has 2 aromatic rings. The zero-order valence-corrected chi connectivity index (χ0v) is 12.0. The van der Waals surface area contributed by atoms with Crippen LogP contribution >= 0.6 is 0 Å². The number of para-hydroxylation sites is 1. The summed E-state index contributed by atoms with van der Waals surface area (Å²) in [5, 5.41) is 0. The van der Waals surface area contributed by atoms with Gasteiger partial charge in [-0.2, -0.15) is 0 Å². The van der Waals surface area contributed by atoms with Crippen LogP contribution in [0.5, 0.6) is 17.2 Å². The molecule has 0 amide bonds. The zero-order valence-electron chi connectivity index (χ0n) is 12.0. The van der Waals surface area contributed by atoms with Crippen molar-refractivity contribution in [3.8, 4) is 17.2 Å². The van der Waals surface area contributed by atoms with E-state index in [0.29, 0.717) is 13.2 Å². The molecule has 0 aromatic heterocycles. The SMILES string of the molecule is COc1ccccc1C(N)c1ccc2c(c1)OCCCO2. The standard InChI is InChI=1S/C17H19NO3/c1-19-14-6-3-2-5-13(14)17(18)12-7-8-15-16(11-12)21-10-4-9-20-15/h2-3,5-8,11,17H,4,9-10,18H2,1H3. The molecule has 3 rings (SSSR count).